The van der Waals surface area contributed by atoms with E-state index >= 15 is 0 Å². The number of carbonyl (C=O) groups excluding carboxylic acids is 1. The standard InChI is InChI=1S/C34H37F6N3O3S2/c35-33(36,37)26-19-25(20-27(21-26)34(38,39)40)31(44)43-12-6-28(22-29(43)18-24-4-2-1-3-5-24)41-13-8-32(9-14-41)10-15-42(16-11-32)48(45,46)30-7-17-47-23-30/h1-5,7,17,19-21,23,28-29H,6,8-16,18,22H2. The molecule has 0 N–H and O–H groups in total. The number of carbonyl (C=O) groups is 1. The van der Waals surface area contributed by atoms with Gasteiger partial charge in [-0.25, -0.2) is 8.42 Å². The minimum Gasteiger partial charge on any atom is -0.335 e. The highest BCUT2D eigenvalue weighted by Crippen LogP contribution is 2.44. The SMILES string of the molecule is O=C(c1cc(C(F)(F)F)cc(C(F)(F)F)c1)N1CCC(N2CCC3(CC2)CCN(S(=O)(=O)c2ccsc2)CC3)CC1Cc1ccccc1. The van der Waals surface area contributed by atoms with Crippen molar-refractivity contribution in [3.63, 3.8) is 0 Å². The van der Waals surface area contributed by atoms with Gasteiger partial charge in [0.25, 0.3) is 5.91 Å². The lowest BCUT2D eigenvalue weighted by Crippen LogP contribution is -2.55. The van der Waals surface area contributed by atoms with Crippen LogP contribution in [0.2, 0.25) is 0 Å². The van der Waals surface area contributed by atoms with Gasteiger partial charge in [0.05, 0.1) is 16.0 Å². The van der Waals surface area contributed by atoms with Gasteiger partial charge in [0.15, 0.2) is 0 Å². The van der Waals surface area contributed by atoms with E-state index in [0.717, 1.165) is 44.3 Å². The van der Waals surface area contributed by atoms with Crippen LogP contribution in [0.4, 0.5) is 26.3 Å². The number of sulfonamides is 1. The van der Waals surface area contributed by atoms with Crippen molar-refractivity contribution in [1.82, 2.24) is 14.1 Å². The molecule has 1 amide bonds. The maximum atomic E-state index is 13.7. The van der Waals surface area contributed by atoms with E-state index in [1.165, 1.54) is 16.2 Å². The summed E-state index contributed by atoms with van der Waals surface area (Å²) in [6.07, 6.45) is -5.22. The number of halogens is 6. The van der Waals surface area contributed by atoms with Crippen molar-refractivity contribution in [2.45, 2.75) is 74.3 Å². The maximum Gasteiger partial charge on any atom is 0.416 e. The Morgan fingerprint density at radius 2 is 1.44 bits per heavy atom. The van der Waals surface area contributed by atoms with Crippen LogP contribution < -0.4 is 0 Å². The largest absolute Gasteiger partial charge is 0.416 e. The van der Waals surface area contributed by atoms with Crippen molar-refractivity contribution in [1.29, 1.82) is 0 Å². The van der Waals surface area contributed by atoms with Gasteiger partial charge in [-0.05, 0) is 98.7 Å². The number of hydrogen-bond acceptors (Lipinski definition) is 5. The average Bonchev–Trinajstić information content (AvgIpc) is 3.61. The van der Waals surface area contributed by atoms with Gasteiger partial charge in [-0.3, -0.25) is 4.79 Å². The molecule has 1 aromatic heterocycles. The summed E-state index contributed by atoms with van der Waals surface area (Å²) in [5, 5.41) is 3.41. The lowest BCUT2D eigenvalue weighted by Gasteiger charge is -2.50. The molecule has 14 heteroatoms. The fourth-order valence-corrected chi connectivity index (χ4v) is 10.0. The zero-order valence-corrected chi connectivity index (χ0v) is 27.8. The van der Waals surface area contributed by atoms with Crippen molar-refractivity contribution in [2.24, 2.45) is 5.41 Å². The van der Waals surface area contributed by atoms with Gasteiger partial charge < -0.3 is 9.80 Å². The molecule has 2 aromatic carbocycles. The highest BCUT2D eigenvalue weighted by Gasteiger charge is 2.44. The monoisotopic (exact) mass is 713 g/mol. The van der Waals surface area contributed by atoms with Crippen molar-refractivity contribution >= 4 is 27.3 Å². The second kappa shape index (κ2) is 13.4. The van der Waals surface area contributed by atoms with Gasteiger partial charge >= 0.3 is 12.4 Å². The molecule has 1 spiro atoms. The summed E-state index contributed by atoms with van der Waals surface area (Å²) in [4.78, 5) is 17.9. The number of hydrogen-bond donors (Lipinski definition) is 0. The summed E-state index contributed by atoms with van der Waals surface area (Å²) < 4.78 is 109. The molecule has 3 saturated heterocycles. The van der Waals surface area contributed by atoms with Gasteiger partial charge in [-0.1, -0.05) is 30.3 Å². The van der Waals surface area contributed by atoms with Crippen LogP contribution in [0.3, 0.4) is 0 Å². The van der Waals surface area contributed by atoms with E-state index in [0.29, 0.717) is 49.4 Å². The molecule has 6 rings (SSSR count). The van der Waals surface area contributed by atoms with Crippen molar-refractivity contribution < 1.29 is 39.6 Å². The van der Waals surface area contributed by atoms with E-state index < -0.39 is 51.0 Å². The quantitative estimate of drug-likeness (QED) is 0.248. The number of nitrogens with zero attached hydrogens (tertiary/aromatic N) is 3. The summed E-state index contributed by atoms with van der Waals surface area (Å²) in [6, 6.07) is 11.7. The Morgan fingerprint density at radius 3 is 2.00 bits per heavy atom. The number of alkyl halides is 6. The second-order valence-electron chi connectivity index (χ2n) is 13.2. The molecule has 0 radical (unpaired) electrons. The first-order chi connectivity index (χ1) is 22.6. The van der Waals surface area contributed by atoms with Crippen LogP contribution in [-0.2, 0) is 28.8 Å². The molecule has 2 unspecified atom stereocenters. The Balaban J connectivity index is 1.15. The maximum absolute atomic E-state index is 13.7. The van der Waals surface area contributed by atoms with E-state index in [2.05, 4.69) is 4.90 Å². The van der Waals surface area contributed by atoms with Crippen molar-refractivity contribution in [3.05, 3.63) is 87.6 Å². The minimum atomic E-state index is -5.05. The molecular weight excluding hydrogens is 677 g/mol. The summed E-state index contributed by atoms with van der Waals surface area (Å²) in [6.45, 7) is 2.76. The third-order valence-corrected chi connectivity index (χ3v) is 13.1. The Morgan fingerprint density at radius 1 is 0.833 bits per heavy atom. The topological polar surface area (TPSA) is 60.9 Å². The molecule has 3 aliphatic rings. The van der Waals surface area contributed by atoms with Crippen LogP contribution >= 0.6 is 11.3 Å². The minimum absolute atomic E-state index is 0.0417. The molecule has 0 aliphatic carbocycles. The van der Waals surface area contributed by atoms with Gasteiger partial charge in [0, 0.05) is 42.7 Å². The van der Waals surface area contributed by atoms with Crippen LogP contribution in [0.25, 0.3) is 0 Å². The van der Waals surface area contributed by atoms with Crippen molar-refractivity contribution in [3.8, 4) is 0 Å². The molecule has 48 heavy (non-hydrogen) atoms. The lowest BCUT2D eigenvalue weighted by molar-refractivity contribution is -0.143. The Labute approximate surface area is 280 Å². The van der Waals surface area contributed by atoms with E-state index in [1.807, 2.05) is 30.3 Å². The fraction of sp³-hybridized carbons (Fsp3) is 0.500. The molecule has 0 saturated carbocycles. The van der Waals surface area contributed by atoms with Gasteiger partial charge in [-0.15, -0.1) is 0 Å². The Kier molecular flexibility index (Phi) is 9.75. The molecule has 3 aromatic rings. The molecule has 2 atom stereocenters. The molecule has 6 nitrogen and oxygen atoms in total. The van der Waals surface area contributed by atoms with Crippen LogP contribution in [-0.4, -0.2) is 73.2 Å². The van der Waals surface area contributed by atoms with Crippen LogP contribution in [0.15, 0.2) is 70.3 Å². The summed E-state index contributed by atoms with van der Waals surface area (Å²) in [7, 11) is -3.50. The highest BCUT2D eigenvalue weighted by atomic mass is 32.2. The molecule has 3 aliphatic heterocycles. The molecule has 0 bridgehead atoms. The highest BCUT2D eigenvalue weighted by molar-refractivity contribution is 7.89. The molecular formula is C34H37F6N3O3S2. The summed E-state index contributed by atoms with van der Waals surface area (Å²) in [5.74, 6) is -0.840. The van der Waals surface area contributed by atoms with Crippen LogP contribution in [0.1, 0.15) is 65.6 Å². The van der Waals surface area contributed by atoms with Crippen LogP contribution in [0.5, 0.6) is 0 Å². The number of thiophene rings is 1. The Bertz CT molecular complexity index is 1650. The van der Waals surface area contributed by atoms with Gasteiger partial charge in [0.2, 0.25) is 10.0 Å². The summed E-state index contributed by atoms with van der Waals surface area (Å²) in [5.41, 5.74) is -2.67. The first kappa shape index (κ1) is 34.9. The number of piperidine rings is 3. The van der Waals surface area contributed by atoms with E-state index in [-0.39, 0.29) is 24.1 Å². The smallest absolute Gasteiger partial charge is 0.335 e. The third kappa shape index (κ3) is 7.46. The average molecular weight is 714 g/mol. The number of likely N-dealkylation sites (tertiary alicyclic amines) is 2. The fourth-order valence-electron chi connectivity index (χ4n) is 7.57. The number of amides is 1. The van der Waals surface area contributed by atoms with Gasteiger partial charge in [0.1, 0.15) is 0 Å². The zero-order chi connectivity index (χ0) is 34.3. The number of benzene rings is 2. The van der Waals surface area contributed by atoms with Crippen molar-refractivity contribution in [2.75, 3.05) is 32.7 Å². The predicted octanol–water partition coefficient (Wildman–Crippen LogP) is 7.57. The van der Waals surface area contributed by atoms with Gasteiger partial charge in [-0.2, -0.15) is 42.0 Å². The Hall–Kier alpha value is -2.94. The normalized spacial score (nSPS) is 23.0. The first-order valence-corrected chi connectivity index (χ1v) is 18.4. The second-order valence-corrected chi connectivity index (χ2v) is 15.9. The number of rotatable bonds is 6. The van der Waals surface area contributed by atoms with E-state index in [4.69, 9.17) is 0 Å². The first-order valence-electron chi connectivity index (χ1n) is 16.1. The van der Waals surface area contributed by atoms with Crippen LogP contribution in [0, 0.1) is 5.41 Å². The third-order valence-electron chi connectivity index (χ3n) is 10.4. The predicted molar refractivity (Wildman–Crippen MR) is 170 cm³/mol. The van der Waals surface area contributed by atoms with E-state index in [9.17, 15) is 39.6 Å². The molecule has 4 heterocycles. The molecule has 260 valence electrons. The molecule has 3 fully saturated rings. The summed E-state index contributed by atoms with van der Waals surface area (Å²) >= 11 is 1.35. The van der Waals surface area contributed by atoms with E-state index in [1.54, 1.807) is 21.1 Å². The lowest BCUT2D eigenvalue weighted by atomic mass is 9.71. The zero-order valence-electron chi connectivity index (χ0n) is 26.1.